The van der Waals surface area contributed by atoms with Crippen LogP contribution in [-0.4, -0.2) is 71.3 Å². The van der Waals surface area contributed by atoms with Gasteiger partial charge < -0.3 is 19.5 Å². The Morgan fingerprint density at radius 3 is 2.50 bits per heavy atom. The van der Waals surface area contributed by atoms with Crippen LogP contribution in [0.3, 0.4) is 0 Å². The number of fused-ring (bicyclic) bond motifs is 1. The number of rotatable bonds is 7. The van der Waals surface area contributed by atoms with Gasteiger partial charge in [0.1, 0.15) is 17.6 Å². The van der Waals surface area contributed by atoms with Gasteiger partial charge in [0.05, 0.1) is 13.4 Å². The Kier molecular flexibility index (Phi) is 5.57. The topological polar surface area (TPSA) is 71.3 Å². The molecule has 3 heterocycles. The summed E-state index contributed by atoms with van der Waals surface area (Å²) in [5, 5.41) is 3.07. The second-order valence-corrected chi connectivity index (χ2v) is 6.96. The van der Waals surface area contributed by atoms with Gasteiger partial charge in [0, 0.05) is 45.5 Å². The normalized spacial score (nSPS) is 15.1. The number of benzene rings is 1. The van der Waals surface area contributed by atoms with Crippen LogP contribution in [0.1, 0.15) is 6.42 Å². The van der Waals surface area contributed by atoms with Crippen LogP contribution in [0, 0.1) is 0 Å². The lowest BCUT2D eigenvalue weighted by Gasteiger charge is -2.36. The van der Waals surface area contributed by atoms with E-state index in [4.69, 9.17) is 4.74 Å². The Labute approximate surface area is 165 Å². The maximum atomic E-state index is 5.24. The fourth-order valence-corrected chi connectivity index (χ4v) is 3.71. The number of aromatic nitrogens is 4. The minimum atomic E-state index is 0.776. The van der Waals surface area contributed by atoms with E-state index in [2.05, 4.69) is 46.8 Å². The molecule has 0 aliphatic carbocycles. The number of hydrogen-bond donors (Lipinski definition) is 1. The van der Waals surface area contributed by atoms with Crippen molar-refractivity contribution in [2.45, 2.75) is 13.0 Å². The molecule has 0 atom stereocenters. The fraction of sp³-hybridized carbons (Fsp3) is 0.450. The Morgan fingerprint density at radius 2 is 1.79 bits per heavy atom. The van der Waals surface area contributed by atoms with Gasteiger partial charge in [0.2, 0.25) is 0 Å². The molecule has 1 saturated heterocycles. The number of nitrogens with zero attached hydrogens (tertiary/aromatic N) is 6. The second kappa shape index (κ2) is 8.43. The van der Waals surface area contributed by atoms with Gasteiger partial charge in [-0.1, -0.05) is 0 Å². The quantitative estimate of drug-likeness (QED) is 0.672. The van der Waals surface area contributed by atoms with Crippen LogP contribution in [0.15, 0.2) is 36.9 Å². The van der Waals surface area contributed by atoms with Gasteiger partial charge in [-0.3, -0.25) is 4.90 Å². The van der Waals surface area contributed by atoms with Crippen molar-refractivity contribution in [2.24, 2.45) is 0 Å². The summed E-state index contributed by atoms with van der Waals surface area (Å²) in [5.74, 6) is 1.68. The molecule has 1 fully saturated rings. The van der Waals surface area contributed by atoms with Crippen molar-refractivity contribution in [1.29, 1.82) is 0 Å². The molecule has 0 radical (unpaired) electrons. The Morgan fingerprint density at radius 1 is 1.00 bits per heavy atom. The number of aryl methyl sites for hydroxylation is 1. The first-order valence-corrected chi connectivity index (χ1v) is 9.73. The van der Waals surface area contributed by atoms with Gasteiger partial charge in [0.15, 0.2) is 11.5 Å². The summed E-state index contributed by atoms with van der Waals surface area (Å²) in [6, 6.07) is 8.33. The number of anilines is 2. The Hall–Kier alpha value is -2.87. The first-order valence-electron chi connectivity index (χ1n) is 9.73. The van der Waals surface area contributed by atoms with E-state index in [1.165, 1.54) is 5.69 Å². The number of methoxy groups -OCH3 is 1. The predicted molar refractivity (Wildman–Crippen MR) is 111 cm³/mol. The molecule has 148 valence electrons. The third kappa shape index (κ3) is 3.87. The van der Waals surface area contributed by atoms with E-state index in [0.29, 0.717) is 0 Å². The molecule has 0 unspecified atom stereocenters. The molecule has 28 heavy (non-hydrogen) atoms. The van der Waals surface area contributed by atoms with E-state index in [-0.39, 0.29) is 0 Å². The molecule has 2 aromatic heterocycles. The van der Waals surface area contributed by atoms with Gasteiger partial charge in [-0.25, -0.2) is 15.0 Å². The van der Waals surface area contributed by atoms with Crippen molar-refractivity contribution >= 4 is 22.7 Å². The average Bonchev–Trinajstić information content (AvgIpc) is 3.17. The smallest absolute Gasteiger partial charge is 0.165 e. The van der Waals surface area contributed by atoms with Gasteiger partial charge >= 0.3 is 0 Å². The largest absolute Gasteiger partial charge is 0.497 e. The summed E-state index contributed by atoms with van der Waals surface area (Å²) in [7, 11) is 3.55. The molecular formula is C20H27N7O. The standard InChI is InChI=1S/C20H27N7O/c1-21-19-18-20(23-14-22-19)27(15-24-18)9-3-8-25-10-12-26(13-11-25)16-4-6-17(28-2)7-5-16/h4-7,14-15H,3,8-13H2,1-2H3,(H,21,22,23). The summed E-state index contributed by atoms with van der Waals surface area (Å²) in [5.41, 5.74) is 2.99. The Bertz CT molecular complexity index is 901. The number of nitrogens with one attached hydrogen (secondary N) is 1. The number of ether oxygens (including phenoxy) is 1. The first-order chi connectivity index (χ1) is 13.8. The van der Waals surface area contributed by atoms with Crippen LogP contribution in [0.5, 0.6) is 5.75 Å². The maximum absolute atomic E-state index is 5.24. The molecule has 0 amide bonds. The van der Waals surface area contributed by atoms with Gasteiger partial charge in [-0.15, -0.1) is 0 Å². The van der Waals surface area contributed by atoms with Crippen molar-refractivity contribution < 1.29 is 4.74 Å². The van der Waals surface area contributed by atoms with Gasteiger partial charge in [0.25, 0.3) is 0 Å². The lowest BCUT2D eigenvalue weighted by atomic mass is 10.2. The SMILES string of the molecule is CNc1ncnc2c1ncn2CCCN1CCN(c2ccc(OC)cc2)CC1. The molecule has 4 rings (SSSR count). The van der Waals surface area contributed by atoms with Crippen molar-refractivity contribution in [1.82, 2.24) is 24.4 Å². The van der Waals surface area contributed by atoms with Crippen molar-refractivity contribution in [3.63, 3.8) is 0 Å². The molecule has 1 aliphatic heterocycles. The zero-order valence-corrected chi connectivity index (χ0v) is 16.5. The van der Waals surface area contributed by atoms with Crippen LogP contribution in [-0.2, 0) is 6.54 Å². The lowest BCUT2D eigenvalue weighted by molar-refractivity contribution is 0.251. The van der Waals surface area contributed by atoms with Crippen LogP contribution < -0.4 is 15.0 Å². The number of imidazole rings is 1. The van der Waals surface area contributed by atoms with Crippen LogP contribution >= 0.6 is 0 Å². The molecule has 0 spiro atoms. The van der Waals surface area contributed by atoms with E-state index < -0.39 is 0 Å². The number of piperazine rings is 1. The van der Waals surface area contributed by atoms with E-state index >= 15 is 0 Å². The van der Waals surface area contributed by atoms with Crippen LogP contribution in [0.4, 0.5) is 11.5 Å². The zero-order valence-electron chi connectivity index (χ0n) is 16.5. The summed E-state index contributed by atoms with van der Waals surface area (Å²) >= 11 is 0. The monoisotopic (exact) mass is 381 g/mol. The molecule has 3 aromatic rings. The molecule has 8 nitrogen and oxygen atoms in total. The van der Waals surface area contributed by atoms with Crippen molar-refractivity contribution in [3.8, 4) is 5.75 Å². The number of hydrogen-bond acceptors (Lipinski definition) is 7. The van der Waals surface area contributed by atoms with Gasteiger partial charge in [-0.05, 0) is 37.2 Å². The third-order valence-corrected chi connectivity index (χ3v) is 5.32. The summed E-state index contributed by atoms with van der Waals surface area (Å²) < 4.78 is 7.36. The molecular weight excluding hydrogens is 354 g/mol. The molecule has 1 aliphatic rings. The predicted octanol–water partition coefficient (Wildman–Crippen LogP) is 2.09. The minimum Gasteiger partial charge on any atom is -0.497 e. The second-order valence-electron chi connectivity index (χ2n) is 6.96. The Balaban J connectivity index is 1.27. The zero-order chi connectivity index (χ0) is 19.3. The van der Waals surface area contributed by atoms with E-state index in [1.807, 2.05) is 25.5 Å². The third-order valence-electron chi connectivity index (χ3n) is 5.32. The van der Waals surface area contributed by atoms with Crippen LogP contribution in [0.25, 0.3) is 11.2 Å². The van der Waals surface area contributed by atoms with Crippen molar-refractivity contribution in [2.75, 3.05) is 57.1 Å². The lowest BCUT2D eigenvalue weighted by Crippen LogP contribution is -2.46. The highest BCUT2D eigenvalue weighted by Gasteiger charge is 2.17. The molecule has 1 N–H and O–H groups in total. The highest BCUT2D eigenvalue weighted by molar-refractivity contribution is 5.82. The summed E-state index contributed by atoms with van der Waals surface area (Å²) in [6.45, 7) is 6.28. The first kappa shape index (κ1) is 18.5. The summed E-state index contributed by atoms with van der Waals surface area (Å²) in [6.07, 6.45) is 4.53. The van der Waals surface area contributed by atoms with Crippen LogP contribution in [0.2, 0.25) is 0 Å². The van der Waals surface area contributed by atoms with Gasteiger partial charge in [-0.2, -0.15) is 0 Å². The molecule has 0 saturated carbocycles. The van der Waals surface area contributed by atoms with E-state index in [9.17, 15) is 0 Å². The van der Waals surface area contributed by atoms with E-state index in [0.717, 1.165) is 68.4 Å². The molecule has 0 bridgehead atoms. The van der Waals surface area contributed by atoms with E-state index in [1.54, 1.807) is 13.4 Å². The minimum absolute atomic E-state index is 0.776. The average molecular weight is 381 g/mol. The van der Waals surface area contributed by atoms with Crippen molar-refractivity contribution in [3.05, 3.63) is 36.9 Å². The summed E-state index contributed by atoms with van der Waals surface area (Å²) in [4.78, 5) is 18.0. The highest BCUT2D eigenvalue weighted by Crippen LogP contribution is 2.21. The molecule has 1 aromatic carbocycles. The molecule has 8 heteroatoms. The maximum Gasteiger partial charge on any atom is 0.165 e. The highest BCUT2D eigenvalue weighted by atomic mass is 16.5. The fourth-order valence-electron chi connectivity index (χ4n) is 3.71.